The van der Waals surface area contributed by atoms with E-state index < -0.39 is 0 Å². The van der Waals surface area contributed by atoms with Gasteiger partial charge >= 0.3 is 0 Å². The number of hydrogen-bond donors (Lipinski definition) is 1. The van der Waals surface area contributed by atoms with Crippen molar-refractivity contribution in [1.82, 2.24) is 14.8 Å². The van der Waals surface area contributed by atoms with Gasteiger partial charge in [-0.25, -0.2) is 0 Å². The number of benzene rings is 2. The number of carbonyl (C=O) groups is 2. The predicted molar refractivity (Wildman–Crippen MR) is 124 cm³/mol. The number of ether oxygens (including phenoxy) is 2. The molecule has 0 spiro atoms. The summed E-state index contributed by atoms with van der Waals surface area (Å²) in [5.41, 5.74) is 2.16. The van der Waals surface area contributed by atoms with Gasteiger partial charge in [0, 0.05) is 18.7 Å². The second-order valence-electron chi connectivity index (χ2n) is 7.71. The molecule has 0 aliphatic carbocycles. The van der Waals surface area contributed by atoms with Gasteiger partial charge in [-0.15, -0.1) is 10.2 Å². The van der Waals surface area contributed by atoms with Crippen molar-refractivity contribution < 1.29 is 19.1 Å². The quantitative estimate of drug-likeness (QED) is 0.420. The van der Waals surface area contributed by atoms with E-state index in [-0.39, 0.29) is 24.1 Å². The molecule has 3 aromatic rings. The van der Waals surface area contributed by atoms with Crippen LogP contribution in [0.15, 0.2) is 53.7 Å². The molecule has 2 aromatic carbocycles. The number of Topliss-reactive ketones (excluding diaryl/α,β-unsaturated/α-hetero) is 1. The molecule has 1 saturated heterocycles. The fraction of sp³-hybridized carbons (Fsp3) is 0.304. The number of nitrogens with one attached hydrogen (secondary N) is 1. The molecule has 0 bridgehead atoms. The fourth-order valence-corrected chi connectivity index (χ4v) is 4.59. The molecule has 3 heterocycles. The highest BCUT2D eigenvalue weighted by Gasteiger charge is 2.22. The molecule has 1 N–H and O–H groups in total. The highest BCUT2D eigenvalue weighted by atomic mass is 32.2. The Hall–Kier alpha value is -3.37. The molecule has 10 heteroatoms. The molecule has 33 heavy (non-hydrogen) atoms. The van der Waals surface area contributed by atoms with E-state index in [0.29, 0.717) is 41.9 Å². The molecular formula is C23H23N5O4S. The molecule has 170 valence electrons. The van der Waals surface area contributed by atoms with Crippen LogP contribution in [0, 0.1) is 0 Å². The third-order valence-electron chi connectivity index (χ3n) is 5.44. The minimum Gasteiger partial charge on any atom is -0.482 e. The van der Waals surface area contributed by atoms with Crippen LogP contribution in [-0.4, -0.2) is 65.1 Å². The molecule has 2 aliphatic heterocycles. The van der Waals surface area contributed by atoms with Crippen LogP contribution in [0.25, 0.3) is 0 Å². The predicted octanol–water partition coefficient (Wildman–Crippen LogP) is 2.47. The molecule has 1 aromatic heterocycles. The minimum atomic E-state index is -0.230. The van der Waals surface area contributed by atoms with Gasteiger partial charge in [0.1, 0.15) is 5.75 Å². The molecule has 1 amide bonds. The zero-order chi connectivity index (χ0) is 22.6. The monoisotopic (exact) mass is 465 g/mol. The smallest absolute Gasteiger partial charge is 0.262 e. The average molecular weight is 466 g/mol. The number of aromatic nitrogens is 3. The Balaban J connectivity index is 1.34. The Morgan fingerprint density at radius 3 is 2.73 bits per heavy atom. The first-order valence-corrected chi connectivity index (χ1v) is 11.7. The fourth-order valence-electron chi connectivity index (χ4n) is 3.76. The van der Waals surface area contributed by atoms with Gasteiger partial charge in [0.15, 0.2) is 17.5 Å². The summed E-state index contributed by atoms with van der Waals surface area (Å²) >= 11 is 1.36. The number of nitrogens with zero attached hydrogens (tertiary/aromatic N) is 4. The molecule has 9 nitrogen and oxygen atoms in total. The second kappa shape index (κ2) is 9.63. The van der Waals surface area contributed by atoms with Gasteiger partial charge in [-0.3, -0.25) is 14.2 Å². The number of amides is 1. The standard InChI is InChI=1S/C23H23N5O4S/c29-19(17-6-7-20-18(12-17)24-21(30)14-32-20)15-33-23-26-25-22(27-8-10-31-11-9-27)28(23)13-16-4-2-1-3-5-16/h1-7,12H,8-11,13-15H2,(H,24,30). The maximum absolute atomic E-state index is 12.9. The Labute approximate surface area is 195 Å². The second-order valence-corrected chi connectivity index (χ2v) is 8.66. The van der Waals surface area contributed by atoms with Crippen molar-refractivity contribution in [2.24, 2.45) is 0 Å². The molecule has 0 atom stereocenters. The SMILES string of the molecule is O=C1COc2ccc(C(=O)CSc3nnc(N4CCOCC4)n3Cc3ccccc3)cc2N1. The van der Waals surface area contributed by atoms with Crippen LogP contribution in [0.4, 0.5) is 11.6 Å². The number of fused-ring (bicyclic) bond motifs is 1. The van der Waals surface area contributed by atoms with Gasteiger partial charge in [0.05, 0.1) is 31.2 Å². The van der Waals surface area contributed by atoms with Crippen molar-refractivity contribution >= 4 is 35.1 Å². The van der Waals surface area contributed by atoms with Crippen LogP contribution in [0.2, 0.25) is 0 Å². The van der Waals surface area contributed by atoms with Crippen LogP contribution < -0.4 is 15.0 Å². The van der Waals surface area contributed by atoms with Gasteiger partial charge in [0.25, 0.3) is 5.91 Å². The summed E-state index contributed by atoms with van der Waals surface area (Å²) in [5, 5.41) is 12.3. The molecule has 1 fully saturated rings. The third-order valence-corrected chi connectivity index (χ3v) is 6.41. The van der Waals surface area contributed by atoms with E-state index in [9.17, 15) is 9.59 Å². The van der Waals surface area contributed by atoms with Gasteiger partial charge < -0.3 is 19.7 Å². The van der Waals surface area contributed by atoms with E-state index >= 15 is 0 Å². The number of morpholine rings is 1. The lowest BCUT2D eigenvalue weighted by atomic mass is 10.1. The Morgan fingerprint density at radius 2 is 1.91 bits per heavy atom. The van der Waals surface area contributed by atoms with E-state index in [2.05, 4.69) is 37.1 Å². The Kier molecular flexibility index (Phi) is 6.27. The summed E-state index contributed by atoms with van der Waals surface area (Å²) in [6, 6.07) is 15.2. The van der Waals surface area contributed by atoms with Crippen LogP contribution >= 0.6 is 11.8 Å². The zero-order valence-electron chi connectivity index (χ0n) is 17.9. The van der Waals surface area contributed by atoms with Crippen molar-refractivity contribution in [3.8, 4) is 5.75 Å². The highest BCUT2D eigenvalue weighted by Crippen LogP contribution is 2.30. The summed E-state index contributed by atoms with van der Waals surface area (Å²) < 4.78 is 12.9. The number of ketones is 1. The largest absolute Gasteiger partial charge is 0.482 e. The van der Waals surface area contributed by atoms with Crippen LogP contribution in [0.3, 0.4) is 0 Å². The number of thioether (sulfide) groups is 1. The number of hydrogen-bond acceptors (Lipinski definition) is 8. The van der Waals surface area contributed by atoms with Crippen molar-refractivity contribution in [1.29, 1.82) is 0 Å². The zero-order valence-corrected chi connectivity index (χ0v) is 18.7. The lowest BCUT2D eigenvalue weighted by Crippen LogP contribution is -2.38. The Bertz CT molecular complexity index is 1160. The van der Waals surface area contributed by atoms with Crippen molar-refractivity contribution in [2.75, 3.05) is 48.9 Å². The average Bonchev–Trinajstić information content (AvgIpc) is 3.25. The normalized spacial score (nSPS) is 15.5. The molecular weight excluding hydrogens is 442 g/mol. The lowest BCUT2D eigenvalue weighted by molar-refractivity contribution is -0.118. The molecule has 0 unspecified atom stereocenters. The Morgan fingerprint density at radius 1 is 1.09 bits per heavy atom. The maximum atomic E-state index is 12.9. The van der Waals surface area contributed by atoms with E-state index in [1.54, 1.807) is 18.2 Å². The van der Waals surface area contributed by atoms with E-state index in [1.807, 2.05) is 18.2 Å². The summed E-state index contributed by atoms with van der Waals surface area (Å²) in [6.45, 7) is 3.40. The molecule has 0 radical (unpaired) electrons. The summed E-state index contributed by atoms with van der Waals surface area (Å²) in [7, 11) is 0. The first kappa shape index (κ1) is 21.5. The van der Waals surface area contributed by atoms with Gasteiger partial charge in [-0.05, 0) is 23.8 Å². The summed E-state index contributed by atoms with van der Waals surface area (Å²) in [4.78, 5) is 26.7. The number of rotatable bonds is 7. The van der Waals surface area contributed by atoms with Gasteiger partial charge in [-0.2, -0.15) is 0 Å². The summed E-state index contributed by atoms with van der Waals surface area (Å²) in [5.74, 6) is 1.25. The lowest BCUT2D eigenvalue weighted by Gasteiger charge is -2.28. The van der Waals surface area contributed by atoms with Crippen LogP contribution in [-0.2, 0) is 16.1 Å². The first-order chi connectivity index (χ1) is 16.2. The van der Waals surface area contributed by atoms with Crippen molar-refractivity contribution in [3.63, 3.8) is 0 Å². The van der Waals surface area contributed by atoms with E-state index in [0.717, 1.165) is 24.6 Å². The maximum Gasteiger partial charge on any atom is 0.262 e. The van der Waals surface area contributed by atoms with Crippen LogP contribution in [0.5, 0.6) is 5.75 Å². The molecule has 0 saturated carbocycles. The van der Waals surface area contributed by atoms with Crippen LogP contribution in [0.1, 0.15) is 15.9 Å². The van der Waals surface area contributed by atoms with Gasteiger partial charge in [-0.1, -0.05) is 42.1 Å². The van der Waals surface area contributed by atoms with Crippen molar-refractivity contribution in [2.45, 2.75) is 11.7 Å². The number of carbonyl (C=O) groups excluding carboxylic acids is 2. The highest BCUT2D eigenvalue weighted by molar-refractivity contribution is 7.99. The summed E-state index contributed by atoms with van der Waals surface area (Å²) in [6.07, 6.45) is 0. The van der Waals surface area contributed by atoms with Crippen molar-refractivity contribution in [3.05, 3.63) is 59.7 Å². The molecule has 2 aliphatic rings. The topological polar surface area (TPSA) is 98.6 Å². The molecule has 5 rings (SSSR count). The third kappa shape index (κ3) is 4.86. The first-order valence-electron chi connectivity index (χ1n) is 10.7. The minimum absolute atomic E-state index is 0.0152. The number of anilines is 2. The van der Waals surface area contributed by atoms with E-state index in [1.165, 1.54) is 11.8 Å². The van der Waals surface area contributed by atoms with Gasteiger partial charge in [0.2, 0.25) is 5.95 Å². The van der Waals surface area contributed by atoms with E-state index in [4.69, 9.17) is 9.47 Å².